The number of carbonyl (C=O) groups is 2. The first-order valence-electron chi connectivity index (χ1n) is 13.2. The molecule has 0 fully saturated rings. The maximum absolute atomic E-state index is 14.2. The van der Waals surface area contributed by atoms with E-state index in [1.807, 2.05) is 70.2 Å². The predicted molar refractivity (Wildman–Crippen MR) is 167 cm³/mol. The largest absolute Gasteiger partial charge is 0.350 e. The summed E-state index contributed by atoms with van der Waals surface area (Å²) in [6.45, 7) is 8.76. The molecule has 0 aliphatic rings. The van der Waals surface area contributed by atoms with E-state index in [2.05, 4.69) is 5.32 Å². The fourth-order valence-electron chi connectivity index (χ4n) is 4.42. The molecule has 0 heterocycles. The maximum atomic E-state index is 14.2. The van der Waals surface area contributed by atoms with Gasteiger partial charge in [0.1, 0.15) is 12.6 Å². The highest BCUT2D eigenvalue weighted by Gasteiger charge is 2.34. The summed E-state index contributed by atoms with van der Waals surface area (Å²) in [5, 5.41) is 3.67. The lowest BCUT2D eigenvalue weighted by molar-refractivity contribution is -0.140. The van der Waals surface area contributed by atoms with Crippen LogP contribution in [0.2, 0.25) is 10.0 Å². The molecule has 3 aromatic rings. The lowest BCUT2D eigenvalue weighted by Crippen LogP contribution is -2.56. The lowest BCUT2D eigenvalue weighted by atomic mass is 10.0. The number of anilines is 1. The minimum Gasteiger partial charge on any atom is -0.350 e. The first-order valence-corrected chi connectivity index (χ1v) is 15.8. The molecular weight excluding hydrogens is 581 g/mol. The van der Waals surface area contributed by atoms with E-state index in [0.29, 0.717) is 26.9 Å². The zero-order valence-corrected chi connectivity index (χ0v) is 26.6. The van der Waals surface area contributed by atoms with Crippen molar-refractivity contribution in [2.24, 2.45) is 0 Å². The van der Waals surface area contributed by atoms with Crippen molar-refractivity contribution in [1.29, 1.82) is 0 Å². The Bertz CT molecular complexity index is 1510. The van der Waals surface area contributed by atoms with Crippen LogP contribution in [-0.4, -0.2) is 49.5 Å². The second kappa shape index (κ2) is 13.3. The summed E-state index contributed by atoms with van der Waals surface area (Å²) in [5.74, 6) is -0.889. The molecule has 0 aliphatic carbocycles. The van der Waals surface area contributed by atoms with Gasteiger partial charge in [0.25, 0.3) is 0 Å². The molecule has 0 aromatic heterocycles. The van der Waals surface area contributed by atoms with Gasteiger partial charge in [0.15, 0.2) is 0 Å². The fourth-order valence-corrected chi connectivity index (χ4v) is 5.64. The SMILES string of the molecule is Cc1ccc(C)c(N(CC(=O)N(Cc2ccc(Cl)c(Cl)c2)C(Cc2ccccc2)C(=O)NC(C)(C)C)S(C)(=O)=O)c1. The summed E-state index contributed by atoms with van der Waals surface area (Å²) in [6.07, 6.45) is 1.29. The lowest BCUT2D eigenvalue weighted by Gasteiger charge is -2.35. The van der Waals surface area contributed by atoms with Gasteiger partial charge in [-0.2, -0.15) is 0 Å². The normalized spacial score (nSPS) is 12.5. The van der Waals surface area contributed by atoms with Crippen molar-refractivity contribution in [3.63, 3.8) is 0 Å². The Hall–Kier alpha value is -3.07. The number of carbonyl (C=O) groups excluding carboxylic acids is 2. The van der Waals surface area contributed by atoms with E-state index in [1.165, 1.54) is 4.90 Å². The molecule has 3 aromatic carbocycles. The first kappa shape index (κ1) is 32.4. The van der Waals surface area contributed by atoms with Crippen molar-refractivity contribution >= 4 is 50.7 Å². The average molecular weight is 619 g/mol. The summed E-state index contributed by atoms with van der Waals surface area (Å²) in [7, 11) is -3.86. The molecule has 0 saturated carbocycles. The van der Waals surface area contributed by atoms with Crippen LogP contribution in [0.15, 0.2) is 66.7 Å². The molecule has 1 atom stereocenters. The van der Waals surface area contributed by atoms with Gasteiger partial charge in [-0.1, -0.05) is 71.7 Å². The molecule has 0 saturated heterocycles. The van der Waals surface area contributed by atoms with Crippen molar-refractivity contribution < 1.29 is 18.0 Å². The second-order valence-corrected chi connectivity index (χ2v) is 14.0. The monoisotopic (exact) mass is 617 g/mol. The Morgan fingerprint density at radius 3 is 2.15 bits per heavy atom. The number of aryl methyl sites for hydroxylation is 2. The van der Waals surface area contributed by atoms with Gasteiger partial charge < -0.3 is 10.2 Å². The van der Waals surface area contributed by atoms with E-state index >= 15 is 0 Å². The van der Waals surface area contributed by atoms with Crippen LogP contribution >= 0.6 is 23.2 Å². The van der Waals surface area contributed by atoms with Crippen LogP contribution in [0, 0.1) is 13.8 Å². The third-order valence-electron chi connectivity index (χ3n) is 6.42. The molecule has 0 radical (unpaired) electrons. The minimum absolute atomic E-state index is 0.00911. The summed E-state index contributed by atoms with van der Waals surface area (Å²) in [5.41, 5.74) is 2.90. The third kappa shape index (κ3) is 9.21. The molecule has 1 unspecified atom stereocenters. The Morgan fingerprint density at radius 1 is 0.902 bits per heavy atom. The number of halogens is 2. The number of hydrogen-bond acceptors (Lipinski definition) is 4. The molecule has 1 N–H and O–H groups in total. The zero-order chi connectivity index (χ0) is 30.5. The number of sulfonamides is 1. The van der Waals surface area contributed by atoms with Gasteiger partial charge in [0.05, 0.1) is 22.0 Å². The van der Waals surface area contributed by atoms with Crippen molar-refractivity contribution in [3.05, 3.63) is 99.0 Å². The summed E-state index contributed by atoms with van der Waals surface area (Å²) < 4.78 is 27.1. The van der Waals surface area contributed by atoms with Crippen LogP contribution in [0.4, 0.5) is 5.69 Å². The van der Waals surface area contributed by atoms with Gasteiger partial charge in [-0.15, -0.1) is 0 Å². The maximum Gasteiger partial charge on any atom is 0.244 e. The molecule has 220 valence electrons. The Kier molecular flexibility index (Phi) is 10.5. The topological polar surface area (TPSA) is 86.8 Å². The van der Waals surface area contributed by atoms with Gasteiger partial charge in [-0.05, 0) is 75.1 Å². The molecule has 2 amide bonds. The highest BCUT2D eigenvalue weighted by molar-refractivity contribution is 7.92. The summed E-state index contributed by atoms with van der Waals surface area (Å²) >= 11 is 12.4. The Balaban J connectivity index is 2.12. The molecule has 10 heteroatoms. The molecule has 41 heavy (non-hydrogen) atoms. The molecular formula is C31H37Cl2N3O4S. The number of hydrogen-bond donors (Lipinski definition) is 1. The predicted octanol–water partition coefficient (Wildman–Crippen LogP) is 5.93. The number of nitrogens with one attached hydrogen (secondary N) is 1. The van der Waals surface area contributed by atoms with Gasteiger partial charge in [0, 0.05) is 18.5 Å². The van der Waals surface area contributed by atoms with Crippen molar-refractivity contribution in [2.45, 2.75) is 59.2 Å². The molecule has 0 spiro atoms. The van der Waals surface area contributed by atoms with Crippen LogP contribution in [0.25, 0.3) is 0 Å². The van der Waals surface area contributed by atoms with Crippen LogP contribution in [0.1, 0.15) is 43.0 Å². The zero-order valence-electron chi connectivity index (χ0n) is 24.2. The second-order valence-electron chi connectivity index (χ2n) is 11.3. The van der Waals surface area contributed by atoms with Gasteiger partial charge in [0.2, 0.25) is 21.8 Å². The van der Waals surface area contributed by atoms with Gasteiger partial charge >= 0.3 is 0 Å². The van der Waals surface area contributed by atoms with Crippen molar-refractivity contribution in [1.82, 2.24) is 10.2 Å². The molecule has 0 bridgehead atoms. The van der Waals surface area contributed by atoms with E-state index in [9.17, 15) is 18.0 Å². The van der Waals surface area contributed by atoms with Crippen LogP contribution in [0.5, 0.6) is 0 Å². The number of amides is 2. The van der Waals surface area contributed by atoms with Crippen molar-refractivity contribution in [2.75, 3.05) is 17.1 Å². The number of benzene rings is 3. The van der Waals surface area contributed by atoms with Gasteiger partial charge in [-0.3, -0.25) is 13.9 Å². The molecule has 7 nitrogen and oxygen atoms in total. The van der Waals surface area contributed by atoms with E-state index in [1.54, 1.807) is 31.2 Å². The number of nitrogens with zero attached hydrogens (tertiary/aromatic N) is 2. The average Bonchev–Trinajstić information content (AvgIpc) is 2.87. The Labute approximate surface area is 253 Å². The fraction of sp³-hybridized carbons (Fsp3) is 0.355. The van der Waals surface area contributed by atoms with Crippen LogP contribution in [0.3, 0.4) is 0 Å². The third-order valence-corrected chi connectivity index (χ3v) is 8.28. The summed E-state index contributed by atoms with van der Waals surface area (Å²) in [4.78, 5) is 29.4. The number of rotatable bonds is 10. The van der Waals surface area contributed by atoms with Crippen molar-refractivity contribution in [3.8, 4) is 0 Å². The smallest absolute Gasteiger partial charge is 0.244 e. The van der Waals surface area contributed by atoms with E-state index in [4.69, 9.17) is 23.2 Å². The van der Waals surface area contributed by atoms with E-state index in [-0.39, 0.29) is 18.9 Å². The van der Waals surface area contributed by atoms with E-state index < -0.39 is 34.1 Å². The first-order chi connectivity index (χ1) is 19.0. The quantitative estimate of drug-likeness (QED) is 0.305. The van der Waals surface area contributed by atoms with Crippen LogP contribution < -0.4 is 9.62 Å². The summed E-state index contributed by atoms with van der Waals surface area (Å²) in [6, 6.07) is 18.9. The molecule has 0 aliphatic heterocycles. The minimum atomic E-state index is -3.86. The van der Waals surface area contributed by atoms with E-state index in [0.717, 1.165) is 21.7 Å². The highest BCUT2D eigenvalue weighted by atomic mass is 35.5. The molecule has 3 rings (SSSR count). The van der Waals surface area contributed by atoms with Crippen LogP contribution in [-0.2, 0) is 32.6 Å². The Morgan fingerprint density at radius 2 is 1.56 bits per heavy atom. The highest BCUT2D eigenvalue weighted by Crippen LogP contribution is 2.27. The standard InChI is InChI=1S/C31H37Cl2N3O4S/c1-21-12-13-22(2)27(16-21)36(41(6,39)40)20-29(37)35(19-24-14-15-25(32)26(33)17-24)28(30(38)34-31(3,4)5)18-23-10-8-7-9-11-23/h7-17,28H,18-20H2,1-6H3,(H,34,38). The van der Waals surface area contributed by atoms with Gasteiger partial charge in [-0.25, -0.2) is 8.42 Å².